The molecule has 7 heteroatoms. The molecule has 0 fully saturated rings. The van der Waals surface area contributed by atoms with Gasteiger partial charge in [-0.05, 0) is 55.8 Å². The Morgan fingerprint density at radius 3 is 2.52 bits per heavy atom. The molecule has 140 valence electrons. The molecule has 27 heavy (non-hydrogen) atoms. The molecule has 1 atom stereocenters. The number of hydrogen-bond donors (Lipinski definition) is 2. The van der Waals surface area contributed by atoms with Crippen molar-refractivity contribution < 1.29 is 18.0 Å². The number of carbonyl (C=O) groups is 1. The average Bonchev–Trinajstić information content (AvgIpc) is 3.06. The van der Waals surface area contributed by atoms with E-state index in [2.05, 4.69) is 10.6 Å². The molecule has 0 saturated carbocycles. The largest absolute Gasteiger partial charge is 0.469 e. The number of anilines is 2. The van der Waals surface area contributed by atoms with E-state index in [4.69, 9.17) is 16.0 Å². The van der Waals surface area contributed by atoms with Crippen LogP contribution in [0.3, 0.4) is 0 Å². The Kier molecular flexibility index (Phi) is 5.46. The number of aryl methyl sites for hydroxylation is 1. The lowest BCUT2D eigenvalue weighted by Crippen LogP contribution is -2.14. The van der Waals surface area contributed by atoms with Gasteiger partial charge in [0.15, 0.2) is 0 Å². The quantitative estimate of drug-likeness (QED) is 0.566. The van der Waals surface area contributed by atoms with Crippen LogP contribution in [0.1, 0.15) is 34.6 Å². The van der Waals surface area contributed by atoms with E-state index in [0.717, 1.165) is 5.56 Å². The first-order valence-corrected chi connectivity index (χ1v) is 8.59. The minimum Gasteiger partial charge on any atom is -0.469 e. The summed E-state index contributed by atoms with van der Waals surface area (Å²) in [5.74, 6) is -1.07. The van der Waals surface area contributed by atoms with E-state index in [0.29, 0.717) is 17.0 Å². The Balaban J connectivity index is 1.77. The van der Waals surface area contributed by atoms with Gasteiger partial charge in [0, 0.05) is 11.7 Å². The van der Waals surface area contributed by atoms with Crippen LogP contribution in [0.2, 0.25) is 5.02 Å². The highest BCUT2D eigenvalue weighted by atomic mass is 35.5. The molecule has 1 amide bonds. The number of furan rings is 1. The number of rotatable bonds is 5. The predicted molar refractivity (Wildman–Crippen MR) is 101 cm³/mol. The van der Waals surface area contributed by atoms with Crippen LogP contribution in [-0.4, -0.2) is 5.91 Å². The average molecular weight is 391 g/mol. The van der Waals surface area contributed by atoms with Gasteiger partial charge < -0.3 is 15.1 Å². The molecule has 2 N–H and O–H groups in total. The van der Waals surface area contributed by atoms with E-state index in [1.54, 1.807) is 19.1 Å². The topological polar surface area (TPSA) is 54.3 Å². The molecule has 0 saturated heterocycles. The van der Waals surface area contributed by atoms with Gasteiger partial charge in [0.1, 0.15) is 17.4 Å². The number of benzene rings is 2. The fraction of sp³-hybridized carbons (Fsp3) is 0.150. The highest BCUT2D eigenvalue weighted by Gasteiger charge is 2.15. The van der Waals surface area contributed by atoms with E-state index in [1.807, 2.05) is 6.92 Å². The van der Waals surface area contributed by atoms with Crippen molar-refractivity contribution in [1.29, 1.82) is 0 Å². The Morgan fingerprint density at radius 2 is 1.85 bits per heavy atom. The van der Waals surface area contributed by atoms with Crippen molar-refractivity contribution in [2.75, 3.05) is 10.6 Å². The summed E-state index contributed by atoms with van der Waals surface area (Å²) >= 11 is 5.82. The molecule has 1 unspecified atom stereocenters. The van der Waals surface area contributed by atoms with Crippen molar-refractivity contribution in [1.82, 2.24) is 0 Å². The maximum atomic E-state index is 14.1. The summed E-state index contributed by atoms with van der Waals surface area (Å²) in [5.41, 5.74) is 1.73. The lowest BCUT2D eigenvalue weighted by atomic mass is 10.1. The molecule has 0 aliphatic heterocycles. The molecule has 0 spiro atoms. The number of carbonyl (C=O) groups excluding carboxylic acids is 1. The molecule has 4 nitrogen and oxygen atoms in total. The van der Waals surface area contributed by atoms with Gasteiger partial charge in [-0.1, -0.05) is 17.7 Å². The summed E-state index contributed by atoms with van der Waals surface area (Å²) < 4.78 is 32.5. The number of amides is 1. The maximum absolute atomic E-state index is 14.1. The first-order chi connectivity index (χ1) is 12.8. The van der Waals surface area contributed by atoms with Gasteiger partial charge in [0.05, 0.1) is 22.5 Å². The lowest BCUT2D eigenvalue weighted by molar-refractivity contribution is 0.102. The highest BCUT2D eigenvalue weighted by molar-refractivity contribution is 6.30. The fourth-order valence-electron chi connectivity index (χ4n) is 2.64. The molecule has 3 rings (SSSR count). The van der Waals surface area contributed by atoms with Crippen LogP contribution in [0.15, 0.2) is 53.1 Å². The van der Waals surface area contributed by atoms with Gasteiger partial charge >= 0.3 is 0 Å². The summed E-state index contributed by atoms with van der Waals surface area (Å²) in [7, 11) is 0. The minimum atomic E-state index is -0.562. The zero-order valence-corrected chi connectivity index (χ0v) is 15.4. The van der Waals surface area contributed by atoms with Crippen LogP contribution in [0.5, 0.6) is 0 Å². The van der Waals surface area contributed by atoms with Crippen LogP contribution in [-0.2, 0) is 0 Å². The molecule has 0 bridgehead atoms. The van der Waals surface area contributed by atoms with Crippen molar-refractivity contribution in [3.05, 3.63) is 82.3 Å². The van der Waals surface area contributed by atoms with Crippen molar-refractivity contribution in [2.24, 2.45) is 0 Å². The number of hydrogen-bond acceptors (Lipinski definition) is 3. The van der Waals surface area contributed by atoms with E-state index in [1.165, 1.54) is 36.6 Å². The zero-order chi connectivity index (χ0) is 19.6. The van der Waals surface area contributed by atoms with E-state index in [-0.39, 0.29) is 16.8 Å². The van der Waals surface area contributed by atoms with Crippen molar-refractivity contribution in [3.8, 4) is 0 Å². The molecule has 0 radical (unpaired) electrons. The monoisotopic (exact) mass is 390 g/mol. The van der Waals surface area contributed by atoms with Crippen LogP contribution in [0.4, 0.5) is 20.2 Å². The zero-order valence-electron chi connectivity index (χ0n) is 14.6. The first-order valence-electron chi connectivity index (χ1n) is 8.21. The van der Waals surface area contributed by atoms with Gasteiger partial charge in [0.2, 0.25) is 0 Å². The molecule has 1 aromatic heterocycles. The predicted octanol–water partition coefficient (Wildman–Crippen LogP) is 5.95. The summed E-state index contributed by atoms with van der Waals surface area (Å²) in [6, 6.07) is 10.0. The molecule has 3 aromatic rings. The standard InChI is InChI=1S/C20H17ClF2N2O2/c1-11(13-3-5-17(22)16(21)9-13)24-14-4-6-18(23)19(10-14)25-20(26)15-7-8-27-12(15)2/h3-11,24H,1-2H3,(H,25,26). The third-order valence-electron chi connectivity index (χ3n) is 4.14. The third kappa shape index (κ3) is 4.28. The van der Waals surface area contributed by atoms with Crippen LogP contribution < -0.4 is 10.6 Å². The van der Waals surface area contributed by atoms with Crippen molar-refractivity contribution in [2.45, 2.75) is 19.9 Å². The summed E-state index contributed by atoms with van der Waals surface area (Å²) in [6.45, 7) is 3.51. The Labute approximate surface area is 160 Å². The summed E-state index contributed by atoms with van der Waals surface area (Å²) in [4.78, 5) is 12.3. The first kappa shape index (κ1) is 18.9. The van der Waals surface area contributed by atoms with Gasteiger partial charge in [-0.15, -0.1) is 0 Å². The normalized spacial score (nSPS) is 11.9. The SMILES string of the molecule is Cc1occc1C(=O)Nc1cc(NC(C)c2ccc(F)c(Cl)c2)ccc1F. The van der Waals surface area contributed by atoms with E-state index >= 15 is 0 Å². The maximum Gasteiger partial charge on any atom is 0.259 e. The van der Waals surface area contributed by atoms with Gasteiger partial charge in [0.25, 0.3) is 5.91 Å². The van der Waals surface area contributed by atoms with Crippen molar-refractivity contribution in [3.63, 3.8) is 0 Å². The molecule has 0 aliphatic rings. The van der Waals surface area contributed by atoms with E-state index in [9.17, 15) is 13.6 Å². The second-order valence-electron chi connectivity index (χ2n) is 6.08. The summed E-state index contributed by atoms with van der Waals surface area (Å²) in [6.07, 6.45) is 1.40. The smallest absolute Gasteiger partial charge is 0.259 e. The fourth-order valence-corrected chi connectivity index (χ4v) is 2.83. The Hall–Kier alpha value is -2.86. The third-order valence-corrected chi connectivity index (χ3v) is 4.43. The molecular formula is C20H17ClF2N2O2. The second-order valence-corrected chi connectivity index (χ2v) is 6.49. The highest BCUT2D eigenvalue weighted by Crippen LogP contribution is 2.26. The molecule has 0 aliphatic carbocycles. The molecular weight excluding hydrogens is 374 g/mol. The Bertz CT molecular complexity index is 988. The van der Waals surface area contributed by atoms with E-state index < -0.39 is 17.5 Å². The minimum absolute atomic E-state index is 0.0312. The van der Waals surface area contributed by atoms with Gasteiger partial charge in [-0.25, -0.2) is 8.78 Å². The number of nitrogens with one attached hydrogen (secondary N) is 2. The Morgan fingerprint density at radius 1 is 1.11 bits per heavy atom. The van der Waals surface area contributed by atoms with Crippen LogP contribution >= 0.6 is 11.6 Å². The lowest BCUT2D eigenvalue weighted by Gasteiger charge is -2.17. The van der Waals surface area contributed by atoms with Crippen molar-refractivity contribution >= 4 is 28.9 Å². The second kappa shape index (κ2) is 7.80. The van der Waals surface area contributed by atoms with Crippen LogP contribution in [0, 0.1) is 18.6 Å². The van der Waals surface area contributed by atoms with Crippen LogP contribution in [0.25, 0.3) is 0 Å². The number of halogens is 3. The molecule has 2 aromatic carbocycles. The van der Waals surface area contributed by atoms with Gasteiger partial charge in [-0.2, -0.15) is 0 Å². The summed E-state index contributed by atoms with van der Waals surface area (Å²) in [5, 5.41) is 5.74. The molecule has 1 heterocycles. The van der Waals surface area contributed by atoms with Gasteiger partial charge in [-0.3, -0.25) is 4.79 Å².